The number of ether oxygens (including phenoxy) is 2. The molecule has 0 radical (unpaired) electrons. The number of benzene rings is 1. The van der Waals surface area contributed by atoms with E-state index in [1.54, 1.807) is 30.6 Å². The SMILES string of the molecule is COc1ccccc1NC(=O)CSc1nc(N)c2c3c(sc2n1)COC(C(C)C)C3. The van der Waals surface area contributed by atoms with Gasteiger partial charge in [0.25, 0.3) is 0 Å². The van der Waals surface area contributed by atoms with Gasteiger partial charge in [0.05, 0.1) is 36.6 Å². The van der Waals surface area contributed by atoms with Crippen molar-refractivity contribution < 1.29 is 14.3 Å². The molecule has 3 aromatic rings. The summed E-state index contributed by atoms with van der Waals surface area (Å²) in [5.41, 5.74) is 8.14. The molecule has 3 N–H and O–H groups in total. The lowest BCUT2D eigenvalue weighted by atomic mass is 9.96. The molecule has 30 heavy (non-hydrogen) atoms. The van der Waals surface area contributed by atoms with Gasteiger partial charge in [-0.3, -0.25) is 4.79 Å². The van der Waals surface area contributed by atoms with E-state index in [-0.39, 0.29) is 17.8 Å². The van der Waals surface area contributed by atoms with E-state index in [1.165, 1.54) is 22.2 Å². The minimum absolute atomic E-state index is 0.162. The number of fused-ring (bicyclic) bond motifs is 3. The number of nitrogens with zero attached hydrogens (tertiary/aromatic N) is 2. The van der Waals surface area contributed by atoms with Crippen LogP contribution in [-0.4, -0.2) is 34.8 Å². The van der Waals surface area contributed by atoms with Gasteiger partial charge in [-0.05, 0) is 23.6 Å². The second-order valence-electron chi connectivity index (χ2n) is 7.41. The zero-order valence-corrected chi connectivity index (χ0v) is 18.7. The molecule has 1 unspecified atom stereocenters. The number of anilines is 2. The Morgan fingerprint density at radius 3 is 2.97 bits per heavy atom. The molecule has 1 atom stereocenters. The first-order valence-electron chi connectivity index (χ1n) is 9.71. The monoisotopic (exact) mass is 444 g/mol. The number of para-hydroxylation sites is 2. The molecule has 7 nitrogen and oxygen atoms in total. The normalized spacial score (nSPS) is 15.9. The van der Waals surface area contributed by atoms with Crippen molar-refractivity contribution in [3.05, 3.63) is 34.7 Å². The van der Waals surface area contributed by atoms with Crippen LogP contribution in [-0.2, 0) is 22.6 Å². The average Bonchev–Trinajstić information content (AvgIpc) is 3.10. The summed E-state index contributed by atoms with van der Waals surface area (Å²) in [4.78, 5) is 23.5. The number of methoxy groups -OCH3 is 1. The number of hydrogen-bond acceptors (Lipinski definition) is 8. The van der Waals surface area contributed by atoms with Crippen LogP contribution in [0.25, 0.3) is 10.2 Å². The molecule has 0 saturated heterocycles. The van der Waals surface area contributed by atoms with Crippen molar-refractivity contribution in [2.45, 2.75) is 38.1 Å². The van der Waals surface area contributed by atoms with Crippen LogP contribution in [0.1, 0.15) is 24.3 Å². The highest BCUT2D eigenvalue weighted by molar-refractivity contribution is 7.99. The van der Waals surface area contributed by atoms with Crippen molar-refractivity contribution in [2.24, 2.45) is 5.92 Å². The Morgan fingerprint density at radius 2 is 2.20 bits per heavy atom. The first kappa shape index (κ1) is 20.9. The predicted molar refractivity (Wildman–Crippen MR) is 121 cm³/mol. The summed E-state index contributed by atoms with van der Waals surface area (Å²) < 4.78 is 11.2. The molecule has 0 spiro atoms. The standard InChI is InChI=1S/C21H24N4O3S2/c1-11(2)15-8-12-16(9-28-15)30-20-18(12)19(22)24-21(25-20)29-10-17(26)23-13-6-4-5-7-14(13)27-3/h4-7,11,15H,8-10H2,1-3H3,(H,23,26)(H2,22,24,25). The lowest BCUT2D eigenvalue weighted by molar-refractivity contribution is -0.113. The van der Waals surface area contributed by atoms with Crippen molar-refractivity contribution in [3.8, 4) is 5.75 Å². The molecule has 0 aliphatic carbocycles. The lowest BCUT2D eigenvalue weighted by Gasteiger charge is -2.26. The number of rotatable bonds is 6. The zero-order valence-electron chi connectivity index (χ0n) is 17.1. The summed E-state index contributed by atoms with van der Waals surface area (Å²) in [7, 11) is 1.57. The summed E-state index contributed by atoms with van der Waals surface area (Å²) in [5.74, 6) is 1.53. The second kappa shape index (κ2) is 8.79. The van der Waals surface area contributed by atoms with Gasteiger partial charge in [-0.15, -0.1) is 11.3 Å². The van der Waals surface area contributed by atoms with Gasteiger partial charge < -0.3 is 20.5 Å². The second-order valence-corrected chi connectivity index (χ2v) is 9.44. The van der Waals surface area contributed by atoms with E-state index in [0.29, 0.717) is 34.9 Å². The molecule has 3 heterocycles. The van der Waals surface area contributed by atoms with Crippen molar-refractivity contribution in [1.29, 1.82) is 0 Å². The molecule has 1 amide bonds. The van der Waals surface area contributed by atoms with Crippen LogP contribution < -0.4 is 15.8 Å². The fraction of sp³-hybridized carbons (Fsp3) is 0.381. The van der Waals surface area contributed by atoms with Crippen LogP contribution in [0.4, 0.5) is 11.5 Å². The van der Waals surface area contributed by atoms with Gasteiger partial charge in [0.15, 0.2) is 5.16 Å². The maximum absolute atomic E-state index is 12.4. The van der Waals surface area contributed by atoms with Gasteiger partial charge in [-0.25, -0.2) is 9.97 Å². The minimum atomic E-state index is -0.162. The third-order valence-electron chi connectivity index (χ3n) is 5.03. The fourth-order valence-corrected chi connectivity index (χ4v) is 5.28. The number of nitrogen functional groups attached to an aromatic ring is 1. The van der Waals surface area contributed by atoms with Crippen LogP contribution in [0.3, 0.4) is 0 Å². The van der Waals surface area contributed by atoms with Gasteiger partial charge in [0, 0.05) is 11.3 Å². The third-order valence-corrected chi connectivity index (χ3v) is 6.98. The predicted octanol–water partition coefficient (Wildman–Crippen LogP) is 4.11. The average molecular weight is 445 g/mol. The van der Waals surface area contributed by atoms with Gasteiger partial charge >= 0.3 is 0 Å². The number of carbonyl (C=O) groups is 1. The number of thioether (sulfide) groups is 1. The molecule has 1 aromatic carbocycles. The molecular weight excluding hydrogens is 420 g/mol. The number of aromatic nitrogens is 2. The fourth-order valence-electron chi connectivity index (χ4n) is 3.44. The Hall–Kier alpha value is -2.36. The van der Waals surface area contributed by atoms with Crippen LogP contribution in [0, 0.1) is 5.92 Å². The number of carbonyl (C=O) groups excluding carboxylic acids is 1. The maximum Gasteiger partial charge on any atom is 0.234 e. The summed E-state index contributed by atoms with van der Waals surface area (Å²) >= 11 is 2.86. The van der Waals surface area contributed by atoms with Crippen LogP contribution in [0.2, 0.25) is 0 Å². The Kier molecular flexibility index (Phi) is 6.12. The summed E-state index contributed by atoms with van der Waals surface area (Å²) in [5, 5.41) is 4.29. The number of nitrogens with two attached hydrogens (primary N) is 1. The Morgan fingerprint density at radius 1 is 1.40 bits per heavy atom. The van der Waals surface area contributed by atoms with E-state index in [4.69, 9.17) is 15.2 Å². The maximum atomic E-state index is 12.4. The summed E-state index contributed by atoms with van der Waals surface area (Å²) in [6.07, 6.45) is 1.01. The molecule has 1 aliphatic rings. The first-order valence-corrected chi connectivity index (χ1v) is 11.5. The highest BCUT2D eigenvalue weighted by atomic mass is 32.2. The van der Waals surface area contributed by atoms with Gasteiger partial charge in [0.1, 0.15) is 16.4 Å². The first-order chi connectivity index (χ1) is 14.5. The third kappa shape index (κ3) is 4.23. The van der Waals surface area contributed by atoms with Crippen LogP contribution in [0.5, 0.6) is 5.75 Å². The van der Waals surface area contributed by atoms with Gasteiger partial charge in [0.2, 0.25) is 5.91 Å². The molecule has 0 saturated carbocycles. The molecule has 1 aliphatic heterocycles. The Labute approximate surface area is 183 Å². The zero-order chi connectivity index (χ0) is 21.3. The molecule has 0 fully saturated rings. The van der Waals surface area contributed by atoms with Crippen molar-refractivity contribution in [3.63, 3.8) is 0 Å². The minimum Gasteiger partial charge on any atom is -0.495 e. The highest BCUT2D eigenvalue weighted by Gasteiger charge is 2.27. The summed E-state index contributed by atoms with van der Waals surface area (Å²) in [6.45, 7) is 4.91. The number of amides is 1. The Bertz CT molecular complexity index is 1080. The summed E-state index contributed by atoms with van der Waals surface area (Å²) in [6, 6.07) is 7.29. The van der Waals surface area contributed by atoms with Crippen molar-refractivity contribution >= 4 is 50.7 Å². The molecule has 9 heteroatoms. The largest absolute Gasteiger partial charge is 0.495 e. The van der Waals surface area contributed by atoms with E-state index in [2.05, 4.69) is 29.1 Å². The van der Waals surface area contributed by atoms with Gasteiger partial charge in [-0.2, -0.15) is 0 Å². The Balaban J connectivity index is 1.48. The van der Waals surface area contributed by atoms with Gasteiger partial charge in [-0.1, -0.05) is 37.7 Å². The van der Waals surface area contributed by atoms with E-state index in [9.17, 15) is 4.79 Å². The van der Waals surface area contributed by atoms with E-state index < -0.39 is 0 Å². The van der Waals surface area contributed by atoms with E-state index in [1.807, 2.05) is 12.1 Å². The lowest BCUT2D eigenvalue weighted by Crippen LogP contribution is -2.26. The van der Waals surface area contributed by atoms with E-state index in [0.717, 1.165) is 16.6 Å². The smallest absolute Gasteiger partial charge is 0.234 e. The molecule has 4 rings (SSSR count). The molecule has 0 bridgehead atoms. The number of thiophene rings is 1. The quantitative estimate of drug-likeness (QED) is 0.436. The van der Waals surface area contributed by atoms with Crippen molar-refractivity contribution in [2.75, 3.05) is 23.9 Å². The molecule has 158 valence electrons. The van der Waals surface area contributed by atoms with Crippen LogP contribution >= 0.6 is 23.1 Å². The topological polar surface area (TPSA) is 99.4 Å². The van der Waals surface area contributed by atoms with Crippen LogP contribution in [0.15, 0.2) is 29.4 Å². The highest BCUT2D eigenvalue weighted by Crippen LogP contribution is 2.39. The molecular formula is C21H24N4O3S2. The number of nitrogens with one attached hydrogen (secondary N) is 1. The van der Waals surface area contributed by atoms with Crippen molar-refractivity contribution in [1.82, 2.24) is 9.97 Å². The number of hydrogen-bond donors (Lipinski definition) is 2. The molecule has 2 aromatic heterocycles. The van der Waals surface area contributed by atoms with E-state index >= 15 is 0 Å².